The predicted molar refractivity (Wildman–Crippen MR) is 83.5 cm³/mol. The van der Waals surface area contributed by atoms with Crippen LogP contribution in [0.1, 0.15) is 11.1 Å². The highest BCUT2D eigenvalue weighted by Gasteiger charge is 2.20. The SMILES string of the molecule is COc1ncccc1CC(Cc1cccc(Br)c1)C(=O)O. The van der Waals surface area contributed by atoms with Crippen LogP contribution < -0.4 is 4.74 Å². The van der Waals surface area contributed by atoms with Crippen molar-refractivity contribution >= 4 is 21.9 Å². The van der Waals surface area contributed by atoms with E-state index in [0.29, 0.717) is 18.7 Å². The molecule has 1 aromatic heterocycles. The molecule has 2 rings (SSSR count). The molecule has 0 aliphatic heterocycles. The van der Waals surface area contributed by atoms with Gasteiger partial charge in [0.15, 0.2) is 0 Å². The third-order valence-corrected chi connectivity index (χ3v) is 3.72. The van der Waals surface area contributed by atoms with E-state index in [4.69, 9.17) is 4.74 Å². The summed E-state index contributed by atoms with van der Waals surface area (Å²) in [6, 6.07) is 11.3. The lowest BCUT2D eigenvalue weighted by atomic mass is 9.93. The second-order valence-corrected chi connectivity index (χ2v) is 5.66. The van der Waals surface area contributed by atoms with Crippen molar-refractivity contribution in [2.75, 3.05) is 7.11 Å². The summed E-state index contributed by atoms with van der Waals surface area (Å²) >= 11 is 3.40. The van der Waals surface area contributed by atoms with Crippen molar-refractivity contribution < 1.29 is 14.6 Å². The lowest BCUT2D eigenvalue weighted by Gasteiger charge is -2.14. The molecule has 0 spiro atoms. The minimum absolute atomic E-state index is 0.388. The van der Waals surface area contributed by atoms with Gasteiger partial charge >= 0.3 is 5.97 Å². The number of rotatable bonds is 6. The first-order valence-electron chi connectivity index (χ1n) is 6.55. The van der Waals surface area contributed by atoms with E-state index in [1.54, 1.807) is 12.3 Å². The van der Waals surface area contributed by atoms with E-state index < -0.39 is 11.9 Å². The Labute approximate surface area is 131 Å². The number of carbonyl (C=O) groups is 1. The van der Waals surface area contributed by atoms with Crippen LogP contribution in [-0.2, 0) is 17.6 Å². The fourth-order valence-corrected chi connectivity index (χ4v) is 2.67. The number of hydrogen-bond donors (Lipinski definition) is 1. The highest BCUT2D eigenvalue weighted by molar-refractivity contribution is 9.10. The number of aliphatic carboxylic acids is 1. The van der Waals surface area contributed by atoms with E-state index >= 15 is 0 Å². The largest absolute Gasteiger partial charge is 0.481 e. The van der Waals surface area contributed by atoms with E-state index in [1.807, 2.05) is 30.3 Å². The number of methoxy groups -OCH3 is 1. The lowest BCUT2D eigenvalue weighted by Crippen LogP contribution is -2.19. The number of carboxylic acid groups (broad SMARTS) is 1. The third kappa shape index (κ3) is 4.29. The van der Waals surface area contributed by atoms with Gasteiger partial charge in [0.1, 0.15) is 0 Å². The number of pyridine rings is 1. The molecule has 1 atom stereocenters. The number of ether oxygens (including phenoxy) is 1. The van der Waals surface area contributed by atoms with Crippen LogP contribution in [0.15, 0.2) is 47.1 Å². The van der Waals surface area contributed by atoms with Crippen molar-refractivity contribution in [2.24, 2.45) is 5.92 Å². The second kappa shape index (κ2) is 7.22. The molecular formula is C16H16BrNO3. The summed E-state index contributed by atoms with van der Waals surface area (Å²) in [5.41, 5.74) is 1.79. The zero-order valence-electron chi connectivity index (χ0n) is 11.6. The first-order valence-corrected chi connectivity index (χ1v) is 7.34. The Morgan fingerprint density at radius 3 is 2.81 bits per heavy atom. The molecule has 0 aliphatic carbocycles. The quantitative estimate of drug-likeness (QED) is 0.868. The molecule has 0 bridgehead atoms. The van der Waals surface area contributed by atoms with Crippen LogP contribution in [-0.4, -0.2) is 23.2 Å². The number of carboxylic acids is 1. The van der Waals surface area contributed by atoms with Crippen LogP contribution >= 0.6 is 15.9 Å². The molecule has 21 heavy (non-hydrogen) atoms. The number of nitrogens with zero attached hydrogens (tertiary/aromatic N) is 1. The Kier molecular flexibility index (Phi) is 5.33. The first-order chi connectivity index (χ1) is 10.1. The summed E-state index contributed by atoms with van der Waals surface area (Å²) in [7, 11) is 1.54. The molecule has 2 aromatic rings. The highest BCUT2D eigenvalue weighted by atomic mass is 79.9. The van der Waals surface area contributed by atoms with E-state index in [1.165, 1.54) is 7.11 Å². The highest BCUT2D eigenvalue weighted by Crippen LogP contribution is 2.22. The summed E-state index contributed by atoms with van der Waals surface area (Å²) in [6.07, 6.45) is 2.48. The van der Waals surface area contributed by atoms with Crippen LogP contribution in [0, 0.1) is 5.92 Å². The Morgan fingerprint density at radius 2 is 2.14 bits per heavy atom. The number of hydrogen-bond acceptors (Lipinski definition) is 3. The van der Waals surface area contributed by atoms with Crippen LogP contribution in [0.25, 0.3) is 0 Å². The van der Waals surface area contributed by atoms with Gasteiger partial charge in [0, 0.05) is 16.2 Å². The summed E-state index contributed by atoms with van der Waals surface area (Å²) in [6.45, 7) is 0. The predicted octanol–water partition coefficient (Wildman–Crippen LogP) is 3.34. The molecular weight excluding hydrogens is 334 g/mol. The Morgan fingerprint density at radius 1 is 1.33 bits per heavy atom. The van der Waals surface area contributed by atoms with Gasteiger partial charge in [-0.1, -0.05) is 34.1 Å². The molecule has 110 valence electrons. The van der Waals surface area contributed by atoms with Gasteiger partial charge in [-0.2, -0.15) is 0 Å². The molecule has 1 heterocycles. The standard InChI is InChI=1S/C16H16BrNO3/c1-21-15-12(5-3-7-18-15)10-13(16(19)20)8-11-4-2-6-14(17)9-11/h2-7,9,13H,8,10H2,1H3,(H,19,20). The monoisotopic (exact) mass is 349 g/mol. The molecule has 0 saturated carbocycles. The number of halogens is 1. The van der Waals surface area contributed by atoms with Gasteiger partial charge in [-0.05, 0) is 36.6 Å². The van der Waals surface area contributed by atoms with Gasteiger partial charge < -0.3 is 9.84 Å². The van der Waals surface area contributed by atoms with Crippen molar-refractivity contribution in [3.8, 4) is 5.88 Å². The summed E-state index contributed by atoms with van der Waals surface area (Å²) in [4.78, 5) is 15.6. The normalized spacial score (nSPS) is 11.9. The Hall–Kier alpha value is -1.88. The number of aromatic nitrogens is 1. The molecule has 1 N–H and O–H groups in total. The number of benzene rings is 1. The average molecular weight is 350 g/mol. The van der Waals surface area contributed by atoms with Crippen LogP contribution in [0.3, 0.4) is 0 Å². The van der Waals surface area contributed by atoms with Gasteiger partial charge in [0.25, 0.3) is 0 Å². The average Bonchev–Trinajstić information content (AvgIpc) is 2.47. The summed E-state index contributed by atoms with van der Waals surface area (Å²) in [5.74, 6) is -0.851. The molecule has 0 radical (unpaired) electrons. The molecule has 0 amide bonds. The summed E-state index contributed by atoms with van der Waals surface area (Å²) in [5, 5.41) is 9.46. The minimum atomic E-state index is -0.819. The topological polar surface area (TPSA) is 59.4 Å². The zero-order valence-corrected chi connectivity index (χ0v) is 13.2. The lowest BCUT2D eigenvalue weighted by molar-refractivity contribution is -0.141. The van der Waals surface area contributed by atoms with Crippen molar-refractivity contribution in [2.45, 2.75) is 12.8 Å². The van der Waals surface area contributed by atoms with E-state index in [9.17, 15) is 9.90 Å². The molecule has 4 nitrogen and oxygen atoms in total. The molecule has 0 saturated heterocycles. The maximum Gasteiger partial charge on any atom is 0.307 e. The van der Waals surface area contributed by atoms with Gasteiger partial charge in [-0.15, -0.1) is 0 Å². The van der Waals surface area contributed by atoms with Crippen molar-refractivity contribution in [1.29, 1.82) is 0 Å². The van der Waals surface area contributed by atoms with Crippen molar-refractivity contribution in [3.05, 3.63) is 58.2 Å². The van der Waals surface area contributed by atoms with E-state index in [-0.39, 0.29) is 0 Å². The van der Waals surface area contributed by atoms with Crippen LogP contribution in [0.4, 0.5) is 0 Å². The van der Waals surface area contributed by atoms with Crippen molar-refractivity contribution in [1.82, 2.24) is 4.98 Å². The minimum Gasteiger partial charge on any atom is -0.481 e. The smallest absolute Gasteiger partial charge is 0.307 e. The Balaban J connectivity index is 2.18. The third-order valence-electron chi connectivity index (χ3n) is 3.23. The molecule has 1 aromatic carbocycles. The fourth-order valence-electron chi connectivity index (χ4n) is 2.22. The Bertz CT molecular complexity index is 630. The maximum absolute atomic E-state index is 11.5. The fraction of sp³-hybridized carbons (Fsp3) is 0.250. The van der Waals surface area contributed by atoms with Gasteiger partial charge in [0.05, 0.1) is 13.0 Å². The van der Waals surface area contributed by atoms with Crippen molar-refractivity contribution in [3.63, 3.8) is 0 Å². The molecule has 5 heteroatoms. The van der Waals surface area contributed by atoms with E-state index in [2.05, 4.69) is 20.9 Å². The molecule has 1 unspecified atom stereocenters. The van der Waals surface area contributed by atoms with Crippen LogP contribution in [0.5, 0.6) is 5.88 Å². The van der Waals surface area contributed by atoms with Crippen LogP contribution in [0.2, 0.25) is 0 Å². The zero-order chi connectivity index (χ0) is 15.2. The molecule has 0 fully saturated rings. The van der Waals surface area contributed by atoms with Gasteiger partial charge in [0.2, 0.25) is 5.88 Å². The maximum atomic E-state index is 11.5. The summed E-state index contributed by atoms with van der Waals surface area (Å²) < 4.78 is 6.13. The second-order valence-electron chi connectivity index (χ2n) is 4.75. The van der Waals surface area contributed by atoms with Gasteiger partial charge in [-0.25, -0.2) is 4.98 Å². The van der Waals surface area contributed by atoms with Gasteiger partial charge in [-0.3, -0.25) is 4.79 Å². The van der Waals surface area contributed by atoms with E-state index in [0.717, 1.165) is 15.6 Å². The first kappa shape index (κ1) is 15.5. The molecule has 0 aliphatic rings.